The minimum Gasteiger partial charge on any atom is -0.324 e. The van der Waals surface area contributed by atoms with Crippen LogP contribution in [-0.2, 0) is 4.79 Å². The summed E-state index contributed by atoms with van der Waals surface area (Å²) >= 11 is 1.39. The Morgan fingerprint density at radius 1 is 1.08 bits per heavy atom. The van der Waals surface area contributed by atoms with Gasteiger partial charge in [0.15, 0.2) is 0 Å². The Morgan fingerprint density at radius 3 is 2.46 bits per heavy atom. The summed E-state index contributed by atoms with van der Waals surface area (Å²) in [7, 11) is 0. The largest absolute Gasteiger partial charge is 0.324 e. The van der Waals surface area contributed by atoms with Crippen LogP contribution >= 0.6 is 23.7 Å². The molecule has 2 heterocycles. The molecular formula is C17H20ClN3O2S. The first-order valence-corrected chi connectivity index (χ1v) is 8.57. The number of benzene rings is 1. The Morgan fingerprint density at radius 2 is 1.83 bits per heavy atom. The van der Waals surface area contributed by atoms with Crippen molar-refractivity contribution in [1.29, 1.82) is 0 Å². The number of hydrogen-bond acceptors (Lipinski definition) is 4. The van der Waals surface area contributed by atoms with Crippen LogP contribution in [0, 0.1) is 5.92 Å². The van der Waals surface area contributed by atoms with Gasteiger partial charge in [0.05, 0.1) is 22.2 Å². The molecule has 1 aliphatic heterocycles. The van der Waals surface area contributed by atoms with Gasteiger partial charge in [0.1, 0.15) is 0 Å². The molecule has 2 amide bonds. The summed E-state index contributed by atoms with van der Waals surface area (Å²) < 4.78 is 0. The molecule has 5 nitrogen and oxygen atoms in total. The van der Waals surface area contributed by atoms with Crippen molar-refractivity contribution in [3.63, 3.8) is 0 Å². The summed E-state index contributed by atoms with van der Waals surface area (Å²) in [5.74, 6) is -0.194. The maximum atomic E-state index is 12.4. The Kier molecular flexibility index (Phi) is 6.78. The predicted octanol–water partition coefficient (Wildman–Crippen LogP) is 3.36. The average molecular weight is 366 g/mol. The molecule has 1 unspecified atom stereocenters. The average Bonchev–Trinajstić information content (AvgIpc) is 3.12. The first kappa shape index (κ1) is 18.4. The van der Waals surface area contributed by atoms with Gasteiger partial charge in [-0.1, -0.05) is 18.2 Å². The van der Waals surface area contributed by atoms with Crippen LogP contribution < -0.4 is 16.0 Å². The molecule has 1 aromatic heterocycles. The third-order valence-electron chi connectivity index (χ3n) is 3.85. The minimum atomic E-state index is -0.166. The molecule has 3 rings (SSSR count). The molecule has 1 aliphatic rings. The quantitative estimate of drug-likeness (QED) is 0.778. The molecule has 0 radical (unpaired) electrons. The summed E-state index contributed by atoms with van der Waals surface area (Å²) in [4.78, 5) is 25.2. The molecule has 0 saturated carbocycles. The molecule has 1 atom stereocenters. The van der Waals surface area contributed by atoms with Crippen LogP contribution in [0.3, 0.4) is 0 Å². The van der Waals surface area contributed by atoms with Crippen LogP contribution in [0.25, 0.3) is 0 Å². The van der Waals surface area contributed by atoms with E-state index in [9.17, 15) is 9.59 Å². The van der Waals surface area contributed by atoms with Gasteiger partial charge in [-0.15, -0.1) is 23.7 Å². The van der Waals surface area contributed by atoms with Gasteiger partial charge < -0.3 is 16.0 Å². The van der Waals surface area contributed by atoms with Crippen LogP contribution in [0.5, 0.6) is 0 Å². The highest BCUT2D eigenvalue weighted by Gasteiger charge is 2.21. The van der Waals surface area contributed by atoms with E-state index in [-0.39, 0.29) is 30.1 Å². The zero-order valence-electron chi connectivity index (χ0n) is 13.1. The van der Waals surface area contributed by atoms with E-state index in [1.54, 1.807) is 18.2 Å². The van der Waals surface area contributed by atoms with E-state index < -0.39 is 0 Å². The summed E-state index contributed by atoms with van der Waals surface area (Å²) in [6.07, 6.45) is 1.90. The fourth-order valence-electron chi connectivity index (χ4n) is 2.60. The lowest BCUT2D eigenvalue weighted by Crippen LogP contribution is -2.37. The third kappa shape index (κ3) is 4.56. The number of carbonyl (C=O) groups excluding carboxylic acids is 2. The molecule has 2 aromatic rings. The molecule has 0 bridgehead atoms. The Bertz CT molecular complexity index is 685. The highest BCUT2D eigenvalue weighted by Crippen LogP contribution is 2.24. The highest BCUT2D eigenvalue weighted by atomic mass is 35.5. The Hall–Kier alpha value is -1.89. The van der Waals surface area contributed by atoms with Crippen LogP contribution in [0.4, 0.5) is 11.4 Å². The van der Waals surface area contributed by atoms with Gasteiger partial charge in [-0.25, -0.2) is 0 Å². The van der Waals surface area contributed by atoms with Crippen molar-refractivity contribution in [1.82, 2.24) is 5.32 Å². The second-order valence-corrected chi connectivity index (χ2v) is 6.46. The molecule has 1 aromatic carbocycles. The van der Waals surface area contributed by atoms with E-state index in [2.05, 4.69) is 16.0 Å². The van der Waals surface area contributed by atoms with E-state index in [1.165, 1.54) is 11.3 Å². The van der Waals surface area contributed by atoms with Gasteiger partial charge >= 0.3 is 0 Å². The topological polar surface area (TPSA) is 70.2 Å². The predicted molar refractivity (Wildman–Crippen MR) is 100 cm³/mol. The number of thiophene rings is 1. The summed E-state index contributed by atoms with van der Waals surface area (Å²) in [6.45, 7) is 1.67. The number of rotatable bonds is 4. The number of nitrogens with one attached hydrogen (secondary N) is 3. The van der Waals surface area contributed by atoms with Crippen molar-refractivity contribution >= 4 is 46.9 Å². The van der Waals surface area contributed by atoms with Gasteiger partial charge in [-0.3, -0.25) is 9.59 Å². The van der Waals surface area contributed by atoms with Gasteiger partial charge in [0.2, 0.25) is 5.91 Å². The molecule has 3 N–H and O–H groups in total. The zero-order valence-corrected chi connectivity index (χ0v) is 14.7. The van der Waals surface area contributed by atoms with Crippen molar-refractivity contribution in [2.24, 2.45) is 5.92 Å². The second-order valence-electron chi connectivity index (χ2n) is 5.51. The Balaban J connectivity index is 0.00000208. The normalized spacial score (nSPS) is 16.8. The third-order valence-corrected chi connectivity index (χ3v) is 4.71. The zero-order chi connectivity index (χ0) is 16.1. The first-order valence-electron chi connectivity index (χ1n) is 7.69. The summed E-state index contributed by atoms with van der Waals surface area (Å²) in [6, 6.07) is 10.9. The van der Waals surface area contributed by atoms with Crippen LogP contribution in [0.2, 0.25) is 0 Å². The summed E-state index contributed by atoms with van der Waals surface area (Å²) in [5, 5.41) is 10.9. The van der Waals surface area contributed by atoms with E-state index in [4.69, 9.17) is 0 Å². The van der Waals surface area contributed by atoms with E-state index in [1.807, 2.05) is 23.6 Å². The summed E-state index contributed by atoms with van der Waals surface area (Å²) in [5.41, 5.74) is 1.25. The number of para-hydroxylation sites is 2. The maximum absolute atomic E-state index is 12.4. The standard InChI is InChI=1S/C17H19N3O2S.ClH/c21-16(12-5-3-9-18-11-12)19-13-6-1-2-7-14(13)20-17(22)15-8-4-10-23-15;/h1-2,4,6-8,10,12,18H,3,5,9,11H2,(H,19,21)(H,20,22);1H. The van der Waals surface area contributed by atoms with Crippen molar-refractivity contribution in [3.05, 3.63) is 46.7 Å². The molecule has 7 heteroatoms. The van der Waals surface area contributed by atoms with Crippen LogP contribution in [-0.4, -0.2) is 24.9 Å². The second kappa shape index (κ2) is 8.82. The monoisotopic (exact) mass is 365 g/mol. The number of anilines is 2. The van der Waals surface area contributed by atoms with E-state index >= 15 is 0 Å². The fraction of sp³-hybridized carbons (Fsp3) is 0.294. The Labute approximate surface area is 151 Å². The molecule has 0 aliphatic carbocycles. The van der Waals surface area contributed by atoms with Crippen LogP contribution in [0.1, 0.15) is 22.5 Å². The maximum Gasteiger partial charge on any atom is 0.265 e. The SMILES string of the molecule is Cl.O=C(Nc1ccccc1NC(=O)C1CCCNC1)c1cccs1. The first-order chi connectivity index (χ1) is 11.2. The van der Waals surface area contributed by atoms with Gasteiger partial charge in [0, 0.05) is 6.54 Å². The van der Waals surface area contributed by atoms with Gasteiger partial charge in [-0.05, 0) is 43.0 Å². The number of carbonyl (C=O) groups is 2. The minimum absolute atomic E-state index is 0. The van der Waals surface area contributed by atoms with Crippen molar-refractivity contribution in [3.8, 4) is 0 Å². The highest BCUT2D eigenvalue weighted by molar-refractivity contribution is 7.12. The number of hydrogen-bond donors (Lipinski definition) is 3. The molecule has 1 fully saturated rings. The molecule has 24 heavy (non-hydrogen) atoms. The van der Waals surface area contributed by atoms with Crippen molar-refractivity contribution in [2.75, 3.05) is 23.7 Å². The van der Waals surface area contributed by atoms with Crippen LogP contribution in [0.15, 0.2) is 41.8 Å². The van der Waals surface area contributed by atoms with Gasteiger partial charge in [0.25, 0.3) is 5.91 Å². The van der Waals surface area contributed by atoms with Crippen molar-refractivity contribution < 1.29 is 9.59 Å². The van der Waals surface area contributed by atoms with E-state index in [0.29, 0.717) is 22.8 Å². The fourth-order valence-corrected chi connectivity index (χ4v) is 3.22. The van der Waals surface area contributed by atoms with Crippen molar-refractivity contribution in [2.45, 2.75) is 12.8 Å². The molecule has 1 saturated heterocycles. The molecule has 128 valence electrons. The smallest absolute Gasteiger partial charge is 0.265 e. The number of amides is 2. The van der Waals surface area contributed by atoms with Gasteiger partial charge in [-0.2, -0.15) is 0 Å². The molecular weight excluding hydrogens is 346 g/mol. The number of halogens is 1. The lowest BCUT2D eigenvalue weighted by molar-refractivity contribution is -0.120. The lowest BCUT2D eigenvalue weighted by Gasteiger charge is -2.22. The lowest BCUT2D eigenvalue weighted by atomic mass is 9.99. The molecule has 0 spiro atoms. The van der Waals surface area contributed by atoms with E-state index in [0.717, 1.165) is 19.4 Å². The number of piperidine rings is 1.